The van der Waals surface area contributed by atoms with Crippen LogP contribution in [0.1, 0.15) is 29.0 Å². The van der Waals surface area contributed by atoms with Crippen molar-refractivity contribution in [2.24, 2.45) is 0 Å². The molecule has 1 aromatic heterocycles. The van der Waals surface area contributed by atoms with Gasteiger partial charge in [-0.25, -0.2) is 0 Å². The standard InChI is InChI=1S/C19H21NS/c1-3-20-18(19-14(2)10-11-21-19)13-15-8-9-16-6-4-5-7-17(16)12-15/h4-12,18,20H,3,13H2,1-2H3. The lowest BCUT2D eigenvalue weighted by atomic mass is 9.99. The van der Waals surface area contributed by atoms with Crippen LogP contribution in [0.2, 0.25) is 0 Å². The molecule has 0 saturated heterocycles. The van der Waals surface area contributed by atoms with E-state index in [0.29, 0.717) is 6.04 Å². The van der Waals surface area contributed by atoms with Gasteiger partial charge in [0.2, 0.25) is 0 Å². The van der Waals surface area contributed by atoms with Crippen LogP contribution in [0, 0.1) is 6.92 Å². The van der Waals surface area contributed by atoms with Gasteiger partial charge in [-0.2, -0.15) is 0 Å². The highest BCUT2D eigenvalue weighted by molar-refractivity contribution is 7.10. The minimum atomic E-state index is 0.413. The predicted octanol–water partition coefficient (Wildman–Crippen LogP) is 5.10. The van der Waals surface area contributed by atoms with Crippen molar-refractivity contribution in [1.29, 1.82) is 0 Å². The zero-order valence-corrected chi connectivity index (χ0v) is 13.4. The first kappa shape index (κ1) is 14.3. The van der Waals surface area contributed by atoms with Crippen LogP contribution in [0.5, 0.6) is 0 Å². The third-order valence-electron chi connectivity index (χ3n) is 3.92. The van der Waals surface area contributed by atoms with Crippen molar-refractivity contribution in [2.45, 2.75) is 26.3 Å². The van der Waals surface area contributed by atoms with Crippen molar-refractivity contribution < 1.29 is 0 Å². The number of rotatable bonds is 5. The van der Waals surface area contributed by atoms with Crippen LogP contribution in [-0.2, 0) is 6.42 Å². The van der Waals surface area contributed by atoms with Gasteiger partial charge in [0.1, 0.15) is 0 Å². The lowest BCUT2D eigenvalue weighted by Crippen LogP contribution is -2.22. The van der Waals surface area contributed by atoms with Crippen molar-refractivity contribution in [1.82, 2.24) is 5.32 Å². The molecule has 0 aliphatic carbocycles. The molecule has 0 spiro atoms. The first-order valence-corrected chi connectivity index (χ1v) is 8.41. The fourth-order valence-electron chi connectivity index (χ4n) is 2.85. The summed E-state index contributed by atoms with van der Waals surface area (Å²) in [6, 6.07) is 18.0. The summed E-state index contributed by atoms with van der Waals surface area (Å²) in [6.07, 6.45) is 1.04. The van der Waals surface area contributed by atoms with Crippen molar-refractivity contribution in [3.8, 4) is 0 Å². The molecular formula is C19H21NS. The van der Waals surface area contributed by atoms with Gasteiger partial charge in [0.05, 0.1) is 0 Å². The first-order chi connectivity index (χ1) is 10.3. The van der Waals surface area contributed by atoms with E-state index in [2.05, 4.69) is 73.1 Å². The number of benzene rings is 2. The quantitative estimate of drug-likeness (QED) is 0.690. The van der Waals surface area contributed by atoms with Crippen LogP contribution in [0.25, 0.3) is 10.8 Å². The second-order valence-electron chi connectivity index (χ2n) is 5.46. The monoisotopic (exact) mass is 295 g/mol. The topological polar surface area (TPSA) is 12.0 Å². The second kappa shape index (κ2) is 6.42. The van der Waals surface area contributed by atoms with Gasteiger partial charge in [0, 0.05) is 10.9 Å². The lowest BCUT2D eigenvalue weighted by Gasteiger charge is -2.18. The Hall–Kier alpha value is -1.64. The smallest absolute Gasteiger partial charge is 0.0458 e. The third-order valence-corrected chi connectivity index (χ3v) is 5.06. The Morgan fingerprint density at radius 2 is 1.86 bits per heavy atom. The van der Waals surface area contributed by atoms with Crippen molar-refractivity contribution in [3.63, 3.8) is 0 Å². The Morgan fingerprint density at radius 3 is 2.57 bits per heavy atom. The first-order valence-electron chi connectivity index (χ1n) is 7.53. The maximum absolute atomic E-state index is 3.63. The van der Waals surface area contributed by atoms with Gasteiger partial charge in [0.15, 0.2) is 0 Å². The number of hydrogen-bond acceptors (Lipinski definition) is 2. The van der Waals surface area contributed by atoms with E-state index in [4.69, 9.17) is 0 Å². The van der Waals surface area contributed by atoms with Crippen LogP contribution in [0.15, 0.2) is 53.9 Å². The van der Waals surface area contributed by atoms with E-state index in [-0.39, 0.29) is 0 Å². The molecule has 2 aromatic carbocycles. The number of likely N-dealkylation sites (N-methyl/N-ethyl adjacent to an activating group) is 1. The largest absolute Gasteiger partial charge is 0.309 e. The van der Waals surface area contributed by atoms with Crippen molar-refractivity contribution in [2.75, 3.05) is 6.54 Å². The van der Waals surface area contributed by atoms with Crippen LogP contribution in [0.3, 0.4) is 0 Å². The maximum Gasteiger partial charge on any atom is 0.0458 e. The zero-order chi connectivity index (χ0) is 14.7. The molecule has 3 aromatic rings. The van der Waals surface area contributed by atoms with Crippen LogP contribution in [-0.4, -0.2) is 6.54 Å². The Balaban J connectivity index is 1.89. The lowest BCUT2D eigenvalue weighted by molar-refractivity contribution is 0.556. The number of hydrogen-bond donors (Lipinski definition) is 1. The van der Waals surface area contributed by atoms with Gasteiger partial charge < -0.3 is 5.32 Å². The number of thiophene rings is 1. The highest BCUT2D eigenvalue weighted by Crippen LogP contribution is 2.27. The molecule has 108 valence electrons. The van der Waals surface area contributed by atoms with Crippen molar-refractivity contribution in [3.05, 3.63) is 69.9 Å². The van der Waals surface area contributed by atoms with Gasteiger partial charge in [-0.1, -0.05) is 49.4 Å². The molecule has 1 heterocycles. The van der Waals surface area contributed by atoms with Gasteiger partial charge in [0.25, 0.3) is 0 Å². The molecule has 3 rings (SSSR count). The summed E-state index contributed by atoms with van der Waals surface area (Å²) in [4.78, 5) is 1.46. The fraction of sp³-hybridized carbons (Fsp3) is 0.263. The Kier molecular flexibility index (Phi) is 4.37. The third kappa shape index (κ3) is 3.17. The molecule has 1 unspecified atom stereocenters. The zero-order valence-electron chi connectivity index (χ0n) is 12.6. The summed E-state index contributed by atoms with van der Waals surface area (Å²) in [5.74, 6) is 0. The minimum Gasteiger partial charge on any atom is -0.309 e. The summed E-state index contributed by atoms with van der Waals surface area (Å²) >= 11 is 1.86. The Bertz CT molecular complexity index is 729. The molecule has 2 heteroatoms. The van der Waals surface area contributed by atoms with E-state index in [1.165, 1.54) is 26.8 Å². The van der Waals surface area contributed by atoms with E-state index in [1.54, 1.807) is 0 Å². The number of nitrogens with one attached hydrogen (secondary N) is 1. The highest BCUT2D eigenvalue weighted by atomic mass is 32.1. The second-order valence-corrected chi connectivity index (χ2v) is 6.41. The Morgan fingerprint density at radius 1 is 1.05 bits per heavy atom. The number of fused-ring (bicyclic) bond motifs is 1. The maximum atomic E-state index is 3.63. The molecular weight excluding hydrogens is 274 g/mol. The summed E-state index contributed by atoms with van der Waals surface area (Å²) < 4.78 is 0. The molecule has 0 radical (unpaired) electrons. The van der Waals surface area contributed by atoms with E-state index < -0.39 is 0 Å². The molecule has 0 saturated carbocycles. The molecule has 1 atom stereocenters. The summed E-state index contributed by atoms with van der Waals surface area (Å²) in [5.41, 5.74) is 2.79. The molecule has 21 heavy (non-hydrogen) atoms. The Labute approximate surface area is 130 Å². The van der Waals surface area contributed by atoms with Gasteiger partial charge >= 0.3 is 0 Å². The SMILES string of the molecule is CCNC(Cc1ccc2ccccc2c1)c1sccc1C. The fourth-order valence-corrected chi connectivity index (χ4v) is 3.85. The normalized spacial score (nSPS) is 12.7. The average molecular weight is 295 g/mol. The molecule has 0 bridgehead atoms. The molecule has 0 aliphatic rings. The average Bonchev–Trinajstić information content (AvgIpc) is 2.93. The van der Waals surface area contributed by atoms with Crippen LogP contribution < -0.4 is 5.32 Å². The van der Waals surface area contributed by atoms with Gasteiger partial charge in [-0.05, 0) is 53.2 Å². The summed E-state index contributed by atoms with van der Waals surface area (Å²) in [6.45, 7) is 5.38. The van der Waals surface area contributed by atoms with Crippen LogP contribution >= 0.6 is 11.3 Å². The molecule has 0 fully saturated rings. The molecule has 1 N–H and O–H groups in total. The molecule has 1 nitrogen and oxygen atoms in total. The van der Waals surface area contributed by atoms with E-state index in [9.17, 15) is 0 Å². The molecule has 0 aliphatic heterocycles. The van der Waals surface area contributed by atoms with Crippen molar-refractivity contribution >= 4 is 22.1 Å². The van der Waals surface area contributed by atoms with E-state index in [1.807, 2.05) is 11.3 Å². The number of aryl methyl sites for hydroxylation is 1. The predicted molar refractivity (Wildman–Crippen MR) is 93.1 cm³/mol. The van der Waals surface area contributed by atoms with E-state index in [0.717, 1.165) is 13.0 Å². The van der Waals surface area contributed by atoms with Gasteiger partial charge in [-0.15, -0.1) is 11.3 Å². The highest BCUT2D eigenvalue weighted by Gasteiger charge is 2.14. The van der Waals surface area contributed by atoms with Crippen LogP contribution in [0.4, 0.5) is 0 Å². The summed E-state index contributed by atoms with van der Waals surface area (Å²) in [5, 5.41) is 8.46. The molecule has 0 amide bonds. The van der Waals surface area contributed by atoms with Gasteiger partial charge in [-0.3, -0.25) is 0 Å². The van der Waals surface area contributed by atoms with E-state index >= 15 is 0 Å². The minimum absolute atomic E-state index is 0.413. The summed E-state index contributed by atoms with van der Waals surface area (Å²) in [7, 11) is 0.